The molecule has 2 N–H and O–H groups in total. The van der Waals surface area contributed by atoms with Crippen LogP contribution in [0.15, 0.2) is 0 Å². The molecular weight excluding hydrogens is 228 g/mol. The number of hydrogen-bond donors (Lipinski definition) is 1. The van der Waals surface area contributed by atoms with Crippen LogP contribution >= 0.6 is 0 Å². The number of nitrogens with zero attached hydrogens (tertiary/aromatic N) is 1. The summed E-state index contributed by atoms with van der Waals surface area (Å²) in [6.45, 7) is 6.47. The molecular formula is C14H26N2O2. The summed E-state index contributed by atoms with van der Waals surface area (Å²) in [5.74, 6) is 0. The average molecular weight is 254 g/mol. The van der Waals surface area contributed by atoms with Crippen LogP contribution in [0.5, 0.6) is 0 Å². The lowest BCUT2D eigenvalue weighted by Gasteiger charge is -2.34. The second-order valence-corrected chi connectivity index (χ2v) is 6.77. The lowest BCUT2D eigenvalue weighted by Crippen LogP contribution is -2.52. The van der Waals surface area contributed by atoms with Crippen molar-refractivity contribution in [1.29, 1.82) is 0 Å². The first kappa shape index (κ1) is 13.7. The standard InChI is InChI=1S/C14H26N2O2/c1-13(2,3)18-12(17)16-10-9-14(15)8-6-4-5-7-11(14)16/h11H,4-10,15H2,1-3H3. The largest absolute Gasteiger partial charge is 0.444 e. The summed E-state index contributed by atoms with van der Waals surface area (Å²) in [6, 6.07) is 0.176. The fraction of sp³-hybridized carbons (Fsp3) is 0.929. The highest BCUT2D eigenvalue weighted by atomic mass is 16.6. The van der Waals surface area contributed by atoms with Gasteiger partial charge in [0.15, 0.2) is 0 Å². The van der Waals surface area contributed by atoms with Crippen LogP contribution in [0.1, 0.15) is 59.3 Å². The predicted octanol–water partition coefficient (Wildman–Crippen LogP) is 2.66. The highest BCUT2D eigenvalue weighted by Gasteiger charge is 2.47. The van der Waals surface area contributed by atoms with E-state index in [1.165, 1.54) is 19.3 Å². The van der Waals surface area contributed by atoms with E-state index in [1.807, 2.05) is 25.7 Å². The smallest absolute Gasteiger partial charge is 0.410 e. The molecule has 0 radical (unpaired) electrons. The first-order chi connectivity index (χ1) is 8.32. The molecule has 2 unspecified atom stereocenters. The van der Waals surface area contributed by atoms with Gasteiger partial charge < -0.3 is 15.4 Å². The van der Waals surface area contributed by atoms with Crippen molar-refractivity contribution in [3.63, 3.8) is 0 Å². The van der Waals surface area contributed by atoms with Gasteiger partial charge in [0.1, 0.15) is 5.60 Å². The fourth-order valence-electron chi connectivity index (χ4n) is 3.20. The number of nitrogens with two attached hydrogens (primary N) is 1. The van der Waals surface area contributed by atoms with Crippen molar-refractivity contribution in [3.05, 3.63) is 0 Å². The number of rotatable bonds is 0. The van der Waals surface area contributed by atoms with Crippen LogP contribution in [-0.2, 0) is 4.74 Å². The van der Waals surface area contributed by atoms with Crippen molar-refractivity contribution in [2.75, 3.05) is 6.54 Å². The Morgan fingerprint density at radius 3 is 2.67 bits per heavy atom. The van der Waals surface area contributed by atoms with Gasteiger partial charge in [-0.2, -0.15) is 0 Å². The van der Waals surface area contributed by atoms with Crippen molar-refractivity contribution < 1.29 is 9.53 Å². The number of hydrogen-bond acceptors (Lipinski definition) is 3. The summed E-state index contributed by atoms with van der Waals surface area (Å²) in [4.78, 5) is 14.1. The number of likely N-dealkylation sites (tertiary alicyclic amines) is 1. The van der Waals surface area contributed by atoms with Crippen LogP contribution in [0, 0.1) is 0 Å². The number of amides is 1. The molecule has 0 aromatic rings. The first-order valence-corrected chi connectivity index (χ1v) is 7.10. The van der Waals surface area contributed by atoms with E-state index in [0.717, 1.165) is 25.8 Å². The third-order valence-electron chi connectivity index (χ3n) is 4.11. The van der Waals surface area contributed by atoms with Crippen LogP contribution in [0.4, 0.5) is 4.79 Å². The van der Waals surface area contributed by atoms with Crippen molar-refractivity contribution in [2.45, 2.75) is 76.5 Å². The van der Waals surface area contributed by atoms with E-state index in [0.29, 0.717) is 0 Å². The molecule has 2 fully saturated rings. The summed E-state index contributed by atoms with van der Waals surface area (Å²) in [7, 11) is 0. The van der Waals surface area contributed by atoms with Gasteiger partial charge in [0.05, 0.1) is 6.04 Å². The van der Waals surface area contributed by atoms with Crippen LogP contribution in [-0.4, -0.2) is 34.7 Å². The number of ether oxygens (including phenoxy) is 1. The first-order valence-electron chi connectivity index (χ1n) is 7.10. The van der Waals surface area contributed by atoms with Gasteiger partial charge >= 0.3 is 6.09 Å². The maximum atomic E-state index is 12.2. The molecule has 2 atom stereocenters. The van der Waals surface area contributed by atoms with Gasteiger partial charge in [0, 0.05) is 12.1 Å². The molecule has 2 rings (SSSR count). The monoisotopic (exact) mass is 254 g/mol. The maximum absolute atomic E-state index is 12.2. The minimum absolute atomic E-state index is 0.173. The molecule has 1 saturated carbocycles. The molecule has 2 aliphatic rings. The molecule has 0 aromatic carbocycles. The number of fused-ring (bicyclic) bond motifs is 1. The summed E-state index contributed by atoms with van der Waals surface area (Å²) in [5.41, 5.74) is 5.90. The van der Waals surface area contributed by atoms with Crippen LogP contribution in [0.2, 0.25) is 0 Å². The summed E-state index contributed by atoms with van der Waals surface area (Å²) < 4.78 is 5.49. The van der Waals surface area contributed by atoms with Gasteiger partial charge in [-0.05, 0) is 40.0 Å². The predicted molar refractivity (Wildman–Crippen MR) is 71.3 cm³/mol. The SMILES string of the molecule is CC(C)(C)OC(=O)N1CCC2(N)CCCCCC12. The van der Waals surface area contributed by atoms with Crippen LogP contribution in [0.3, 0.4) is 0 Å². The van der Waals surface area contributed by atoms with E-state index in [4.69, 9.17) is 10.5 Å². The highest BCUT2D eigenvalue weighted by molar-refractivity contribution is 5.69. The molecule has 0 aromatic heterocycles. The lowest BCUT2D eigenvalue weighted by atomic mass is 9.87. The Kier molecular flexibility index (Phi) is 3.58. The molecule has 4 heteroatoms. The van der Waals surface area contributed by atoms with E-state index in [2.05, 4.69) is 0 Å². The number of carbonyl (C=O) groups excluding carboxylic acids is 1. The Labute approximate surface area is 110 Å². The average Bonchev–Trinajstić information content (AvgIpc) is 2.43. The Balaban J connectivity index is 2.08. The molecule has 1 amide bonds. The molecule has 0 spiro atoms. The van der Waals surface area contributed by atoms with Crippen molar-refractivity contribution >= 4 is 6.09 Å². The molecule has 1 heterocycles. The quantitative estimate of drug-likeness (QED) is 0.723. The second-order valence-electron chi connectivity index (χ2n) is 6.77. The van der Waals surface area contributed by atoms with E-state index >= 15 is 0 Å². The summed E-state index contributed by atoms with van der Waals surface area (Å²) in [5, 5.41) is 0. The molecule has 104 valence electrons. The van der Waals surface area contributed by atoms with Gasteiger partial charge in [-0.1, -0.05) is 19.3 Å². The van der Waals surface area contributed by atoms with Crippen molar-refractivity contribution in [3.8, 4) is 0 Å². The van der Waals surface area contributed by atoms with Gasteiger partial charge in [0.25, 0.3) is 0 Å². The van der Waals surface area contributed by atoms with Crippen LogP contribution < -0.4 is 5.73 Å². The van der Waals surface area contributed by atoms with E-state index in [9.17, 15) is 4.79 Å². The van der Waals surface area contributed by atoms with Gasteiger partial charge in [-0.3, -0.25) is 0 Å². The zero-order valence-corrected chi connectivity index (χ0v) is 11.9. The molecule has 4 nitrogen and oxygen atoms in total. The minimum atomic E-state index is -0.429. The fourth-order valence-corrected chi connectivity index (χ4v) is 3.20. The number of carbonyl (C=O) groups is 1. The normalized spacial score (nSPS) is 32.9. The van der Waals surface area contributed by atoms with Crippen LogP contribution in [0.25, 0.3) is 0 Å². The van der Waals surface area contributed by atoms with E-state index in [1.54, 1.807) is 0 Å². The second kappa shape index (κ2) is 4.72. The van der Waals surface area contributed by atoms with Gasteiger partial charge in [-0.15, -0.1) is 0 Å². The molecule has 0 bridgehead atoms. The Bertz CT molecular complexity index is 324. The topological polar surface area (TPSA) is 55.6 Å². The zero-order valence-electron chi connectivity index (χ0n) is 11.9. The molecule has 18 heavy (non-hydrogen) atoms. The Morgan fingerprint density at radius 1 is 1.28 bits per heavy atom. The summed E-state index contributed by atoms with van der Waals surface area (Å²) in [6.07, 6.45) is 6.38. The van der Waals surface area contributed by atoms with E-state index < -0.39 is 5.60 Å². The Hall–Kier alpha value is -0.770. The third kappa shape index (κ3) is 2.79. The lowest BCUT2D eigenvalue weighted by molar-refractivity contribution is 0.0191. The summed E-state index contributed by atoms with van der Waals surface area (Å²) >= 11 is 0. The third-order valence-corrected chi connectivity index (χ3v) is 4.11. The van der Waals surface area contributed by atoms with E-state index in [-0.39, 0.29) is 17.7 Å². The Morgan fingerprint density at radius 2 is 2.00 bits per heavy atom. The van der Waals surface area contributed by atoms with Crippen molar-refractivity contribution in [2.24, 2.45) is 5.73 Å². The zero-order chi connectivity index (χ0) is 13.4. The van der Waals surface area contributed by atoms with Gasteiger partial charge in [-0.25, -0.2) is 4.79 Å². The highest BCUT2D eigenvalue weighted by Crippen LogP contribution is 2.37. The molecule has 1 saturated heterocycles. The maximum Gasteiger partial charge on any atom is 0.410 e. The minimum Gasteiger partial charge on any atom is -0.444 e. The molecule has 1 aliphatic carbocycles. The molecule has 1 aliphatic heterocycles. The van der Waals surface area contributed by atoms with Crippen molar-refractivity contribution in [1.82, 2.24) is 4.90 Å². The van der Waals surface area contributed by atoms with Gasteiger partial charge in [0.2, 0.25) is 0 Å².